The lowest BCUT2D eigenvalue weighted by Crippen LogP contribution is -2.53. The zero-order valence-electron chi connectivity index (χ0n) is 12.0. The van der Waals surface area contributed by atoms with E-state index in [2.05, 4.69) is 15.9 Å². The van der Waals surface area contributed by atoms with Crippen molar-refractivity contribution >= 4 is 27.8 Å². The van der Waals surface area contributed by atoms with Crippen molar-refractivity contribution < 1.29 is 19.4 Å². The van der Waals surface area contributed by atoms with Gasteiger partial charge in [0.25, 0.3) is 0 Å². The maximum absolute atomic E-state index is 12.8. The Morgan fingerprint density at radius 2 is 2.14 bits per heavy atom. The number of amides is 1. The van der Waals surface area contributed by atoms with Crippen LogP contribution < -0.4 is 0 Å². The molecule has 1 atom stereocenters. The fraction of sp³-hybridized carbons (Fsp3) is 0.467. The van der Waals surface area contributed by atoms with Crippen molar-refractivity contribution in [2.75, 3.05) is 19.7 Å². The average Bonchev–Trinajstić information content (AvgIpc) is 2.46. The highest BCUT2D eigenvalue weighted by molar-refractivity contribution is 9.10. The monoisotopic (exact) mass is 355 g/mol. The summed E-state index contributed by atoms with van der Waals surface area (Å²) in [5.74, 6) is -1.12. The summed E-state index contributed by atoms with van der Waals surface area (Å²) in [6.45, 7) is 4.45. The Balaban J connectivity index is 2.19. The quantitative estimate of drug-likeness (QED) is 0.900. The van der Waals surface area contributed by atoms with E-state index in [-0.39, 0.29) is 19.1 Å². The SMILES string of the molecule is CC(C)(C(=O)N1CCO[C@H](C(=O)O)C1)c1cccc(Br)c1. The maximum atomic E-state index is 12.8. The lowest BCUT2D eigenvalue weighted by Gasteiger charge is -2.36. The van der Waals surface area contributed by atoms with E-state index in [0.717, 1.165) is 10.0 Å². The molecule has 1 aromatic rings. The Bertz CT molecular complexity index is 558. The van der Waals surface area contributed by atoms with Crippen LogP contribution in [0.4, 0.5) is 0 Å². The number of benzene rings is 1. The second-order valence-electron chi connectivity index (χ2n) is 5.58. The van der Waals surface area contributed by atoms with Gasteiger partial charge in [0.05, 0.1) is 18.6 Å². The van der Waals surface area contributed by atoms with E-state index in [1.807, 2.05) is 38.1 Å². The number of carbonyl (C=O) groups is 2. The normalized spacial score (nSPS) is 19.4. The number of hydrogen-bond donors (Lipinski definition) is 1. The smallest absolute Gasteiger partial charge is 0.334 e. The van der Waals surface area contributed by atoms with Crippen LogP contribution in [-0.2, 0) is 19.7 Å². The first kappa shape index (κ1) is 16.0. The number of carboxylic acid groups (broad SMARTS) is 1. The van der Waals surface area contributed by atoms with Gasteiger partial charge in [-0.15, -0.1) is 0 Å². The number of morpholine rings is 1. The fourth-order valence-electron chi connectivity index (χ4n) is 2.38. The topological polar surface area (TPSA) is 66.8 Å². The minimum Gasteiger partial charge on any atom is -0.479 e. The van der Waals surface area contributed by atoms with Crippen molar-refractivity contribution in [1.29, 1.82) is 0 Å². The number of halogens is 1. The maximum Gasteiger partial charge on any atom is 0.334 e. The van der Waals surface area contributed by atoms with E-state index in [1.54, 1.807) is 4.90 Å². The van der Waals surface area contributed by atoms with E-state index in [1.165, 1.54) is 0 Å². The van der Waals surface area contributed by atoms with Gasteiger partial charge in [0.2, 0.25) is 5.91 Å². The summed E-state index contributed by atoms with van der Waals surface area (Å²) in [6.07, 6.45) is -0.944. The summed E-state index contributed by atoms with van der Waals surface area (Å²) in [7, 11) is 0. The third-order valence-corrected chi connectivity index (χ3v) is 4.20. The molecule has 1 N–H and O–H groups in total. The molecule has 1 saturated heterocycles. The predicted molar refractivity (Wildman–Crippen MR) is 81.1 cm³/mol. The van der Waals surface area contributed by atoms with Gasteiger partial charge in [-0.2, -0.15) is 0 Å². The minimum atomic E-state index is -1.03. The molecule has 1 fully saturated rings. The number of rotatable bonds is 3. The van der Waals surface area contributed by atoms with Gasteiger partial charge in [-0.3, -0.25) is 4.79 Å². The molecule has 1 aromatic carbocycles. The summed E-state index contributed by atoms with van der Waals surface area (Å²) in [4.78, 5) is 25.4. The molecule has 0 bridgehead atoms. The first-order valence-corrected chi connectivity index (χ1v) is 7.51. The molecule has 6 heteroatoms. The number of hydrogen-bond acceptors (Lipinski definition) is 3. The zero-order chi connectivity index (χ0) is 15.6. The highest BCUT2D eigenvalue weighted by Gasteiger charge is 2.37. The van der Waals surface area contributed by atoms with E-state index in [4.69, 9.17) is 9.84 Å². The van der Waals surface area contributed by atoms with Crippen LogP contribution in [-0.4, -0.2) is 47.7 Å². The zero-order valence-corrected chi connectivity index (χ0v) is 13.6. The molecule has 1 aliphatic rings. The predicted octanol–water partition coefficient (Wildman–Crippen LogP) is 2.04. The highest BCUT2D eigenvalue weighted by atomic mass is 79.9. The Morgan fingerprint density at radius 3 is 2.76 bits per heavy atom. The molecular formula is C15H18BrNO4. The lowest BCUT2D eigenvalue weighted by molar-refractivity contribution is -0.160. The first-order valence-electron chi connectivity index (χ1n) is 6.72. The Hall–Kier alpha value is -1.40. The molecule has 1 amide bonds. The Morgan fingerprint density at radius 1 is 1.43 bits per heavy atom. The van der Waals surface area contributed by atoms with Crippen molar-refractivity contribution in [3.05, 3.63) is 34.3 Å². The summed E-state index contributed by atoms with van der Waals surface area (Å²) >= 11 is 3.41. The fourth-order valence-corrected chi connectivity index (χ4v) is 2.78. The van der Waals surface area contributed by atoms with Gasteiger partial charge in [0.15, 0.2) is 6.10 Å². The number of ether oxygens (including phenoxy) is 1. The van der Waals surface area contributed by atoms with E-state index in [9.17, 15) is 9.59 Å². The van der Waals surface area contributed by atoms with Crippen molar-refractivity contribution in [2.24, 2.45) is 0 Å². The van der Waals surface area contributed by atoms with Gasteiger partial charge in [0, 0.05) is 11.0 Å². The number of nitrogens with zero attached hydrogens (tertiary/aromatic N) is 1. The van der Waals surface area contributed by atoms with Crippen molar-refractivity contribution in [3.63, 3.8) is 0 Å². The lowest BCUT2D eigenvalue weighted by atomic mass is 9.83. The van der Waals surface area contributed by atoms with Crippen LogP contribution >= 0.6 is 15.9 Å². The van der Waals surface area contributed by atoms with E-state index < -0.39 is 17.5 Å². The van der Waals surface area contributed by atoms with Gasteiger partial charge in [0.1, 0.15) is 0 Å². The summed E-state index contributed by atoms with van der Waals surface area (Å²) in [6, 6.07) is 7.60. The van der Waals surface area contributed by atoms with Gasteiger partial charge in [-0.25, -0.2) is 4.79 Å². The molecule has 2 rings (SSSR count). The molecule has 5 nitrogen and oxygen atoms in total. The van der Waals surface area contributed by atoms with Crippen LogP contribution in [0.2, 0.25) is 0 Å². The van der Waals surface area contributed by atoms with Gasteiger partial charge in [-0.05, 0) is 31.5 Å². The second-order valence-corrected chi connectivity index (χ2v) is 6.50. The van der Waals surface area contributed by atoms with Gasteiger partial charge < -0.3 is 14.7 Å². The third-order valence-electron chi connectivity index (χ3n) is 3.71. The first-order chi connectivity index (χ1) is 9.82. The van der Waals surface area contributed by atoms with Crippen LogP contribution in [0.15, 0.2) is 28.7 Å². The highest BCUT2D eigenvalue weighted by Crippen LogP contribution is 2.28. The van der Waals surface area contributed by atoms with Crippen LogP contribution in [0.25, 0.3) is 0 Å². The molecule has 0 saturated carbocycles. The molecule has 21 heavy (non-hydrogen) atoms. The molecule has 0 aromatic heterocycles. The molecule has 0 unspecified atom stereocenters. The summed E-state index contributed by atoms with van der Waals surface area (Å²) in [5, 5.41) is 9.02. The minimum absolute atomic E-state index is 0.0878. The molecule has 114 valence electrons. The largest absolute Gasteiger partial charge is 0.479 e. The molecule has 1 aliphatic heterocycles. The van der Waals surface area contributed by atoms with Gasteiger partial charge in [-0.1, -0.05) is 28.1 Å². The van der Waals surface area contributed by atoms with Crippen LogP contribution in [0, 0.1) is 0 Å². The second kappa shape index (κ2) is 6.15. The molecule has 0 radical (unpaired) electrons. The molecular weight excluding hydrogens is 338 g/mol. The van der Waals surface area contributed by atoms with Crippen molar-refractivity contribution in [1.82, 2.24) is 4.90 Å². The number of carbonyl (C=O) groups excluding carboxylic acids is 1. The van der Waals surface area contributed by atoms with Crippen molar-refractivity contribution in [2.45, 2.75) is 25.4 Å². The Labute approximate surface area is 132 Å². The molecule has 0 spiro atoms. The summed E-state index contributed by atoms with van der Waals surface area (Å²) < 4.78 is 6.06. The van der Waals surface area contributed by atoms with Crippen molar-refractivity contribution in [3.8, 4) is 0 Å². The standard InChI is InChI=1S/C15H18BrNO4/c1-15(2,10-4-3-5-11(16)8-10)14(20)17-6-7-21-12(9-17)13(18)19/h3-5,8,12H,6-7,9H2,1-2H3,(H,18,19)/t12-/m0/s1. The van der Waals surface area contributed by atoms with E-state index >= 15 is 0 Å². The number of aliphatic carboxylic acids is 1. The third kappa shape index (κ3) is 3.44. The van der Waals surface area contributed by atoms with Crippen LogP contribution in [0.1, 0.15) is 19.4 Å². The average molecular weight is 356 g/mol. The van der Waals surface area contributed by atoms with Gasteiger partial charge >= 0.3 is 5.97 Å². The summed E-state index contributed by atoms with van der Waals surface area (Å²) in [5.41, 5.74) is 0.171. The van der Waals surface area contributed by atoms with E-state index in [0.29, 0.717) is 6.54 Å². The Kier molecular flexibility index (Phi) is 4.68. The number of carboxylic acids is 1. The molecule has 0 aliphatic carbocycles. The van der Waals surface area contributed by atoms with Crippen LogP contribution in [0.5, 0.6) is 0 Å². The van der Waals surface area contributed by atoms with Crippen LogP contribution in [0.3, 0.4) is 0 Å². The molecule has 1 heterocycles.